The fourth-order valence-electron chi connectivity index (χ4n) is 4.11. The van der Waals surface area contributed by atoms with Crippen LogP contribution in [0.5, 0.6) is 0 Å². The molecule has 12 nitrogen and oxygen atoms in total. The summed E-state index contributed by atoms with van der Waals surface area (Å²) in [5, 5.41) is 24.6. The number of carbonyl (C=O) groups is 4. The molecule has 1 aliphatic rings. The number of ether oxygens (including phenoxy) is 2. The Balaban J connectivity index is 3.53. The van der Waals surface area contributed by atoms with Crippen LogP contribution in [0.1, 0.15) is 41.5 Å². The van der Waals surface area contributed by atoms with Gasteiger partial charge in [0, 0.05) is 51.5 Å². The second-order valence-corrected chi connectivity index (χ2v) is 10.6. The molecule has 2 amide bonds. The first-order valence-corrected chi connectivity index (χ1v) is 11.0. The largest absolute Gasteiger partial charge is 0.480 e. The monoisotopic (exact) mass is 488 g/mol. The fourth-order valence-corrected chi connectivity index (χ4v) is 4.11. The molecule has 1 aliphatic heterocycles. The van der Waals surface area contributed by atoms with Gasteiger partial charge < -0.3 is 30.3 Å². The highest BCUT2D eigenvalue weighted by Crippen LogP contribution is 2.21. The smallest absolute Gasteiger partial charge is 0.317 e. The molecule has 1 saturated heterocycles. The summed E-state index contributed by atoms with van der Waals surface area (Å²) in [5.41, 5.74) is -4.65. The lowest BCUT2D eigenvalue weighted by molar-refractivity contribution is -0.153. The SMILES string of the molecule is CO[C@@]1(C)CN(CC(=O)O)CC(C)(C)NC(=O)[C@@](C)(OC)CN(CC(=O)O)CC(C)(C)NC1=O. The van der Waals surface area contributed by atoms with Crippen molar-refractivity contribution < 1.29 is 38.9 Å². The summed E-state index contributed by atoms with van der Waals surface area (Å²) in [6.45, 7) is 9.35. The Morgan fingerprint density at radius 3 is 1.26 bits per heavy atom. The van der Waals surface area contributed by atoms with Crippen LogP contribution >= 0.6 is 0 Å². The van der Waals surface area contributed by atoms with Crippen LogP contribution in [-0.2, 0) is 28.7 Å². The van der Waals surface area contributed by atoms with Gasteiger partial charge in [-0.2, -0.15) is 0 Å². The van der Waals surface area contributed by atoms with Crippen molar-refractivity contribution in [3.05, 3.63) is 0 Å². The van der Waals surface area contributed by atoms with Crippen molar-refractivity contribution in [3.63, 3.8) is 0 Å². The minimum atomic E-state index is -1.41. The van der Waals surface area contributed by atoms with Crippen molar-refractivity contribution in [1.29, 1.82) is 0 Å². The van der Waals surface area contributed by atoms with E-state index in [1.54, 1.807) is 41.5 Å². The van der Waals surface area contributed by atoms with E-state index in [2.05, 4.69) is 10.6 Å². The van der Waals surface area contributed by atoms with E-state index in [9.17, 15) is 29.4 Å². The molecule has 1 heterocycles. The molecule has 0 saturated carbocycles. The predicted octanol–water partition coefficient (Wildman–Crippen LogP) is -0.627. The van der Waals surface area contributed by atoms with E-state index in [1.165, 1.54) is 24.0 Å². The summed E-state index contributed by atoms with van der Waals surface area (Å²) in [5.74, 6) is -3.12. The maximum absolute atomic E-state index is 13.3. The lowest BCUT2D eigenvalue weighted by Gasteiger charge is -2.43. The number of rotatable bonds is 6. The third kappa shape index (κ3) is 8.49. The molecule has 1 fully saturated rings. The quantitative estimate of drug-likeness (QED) is 0.379. The third-order valence-electron chi connectivity index (χ3n) is 5.77. The second-order valence-electron chi connectivity index (χ2n) is 10.6. The maximum atomic E-state index is 13.3. The zero-order valence-electron chi connectivity index (χ0n) is 21.5. The van der Waals surface area contributed by atoms with Crippen molar-refractivity contribution in [2.24, 2.45) is 0 Å². The molecule has 0 radical (unpaired) electrons. The molecular formula is C22H40N4O8. The summed E-state index contributed by atoms with van der Waals surface area (Å²) in [6, 6.07) is 0. The number of hydrogen-bond acceptors (Lipinski definition) is 8. The van der Waals surface area contributed by atoms with Gasteiger partial charge in [0.25, 0.3) is 11.8 Å². The maximum Gasteiger partial charge on any atom is 0.317 e. The zero-order valence-corrected chi connectivity index (χ0v) is 21.5. The standard InChI is InChI=1S/C22H40N4O8/c1-19(2)11-25(9-15(27)28)13-22(6,34-8)18(32)24-20(3,4)12-26(10-16(29)30)14-21(5,33-7)17(31)23-19/h9-14H2,1-8H3,(H,23,31)(H,24,32)(H,27,28)(H,29,30)/t21-,22-/m0/s1. The first-order chi connectivity index (χ1) is 15.4. The highest BCUT2D eigenvalue weighted by molar-refractivity contribution is 5.86. The average Bonchev–Trinajstić information content (AvgIpc) is 2.64. The second kappa shape index (κ2) is 11.0. The Labute approximate surface area is 200 Å². The summed E-state index contributed by atoms with van der Waals surface area (Å²) in [6.07, 6.45) is 0. The van der Waals surface area contributed by atoms with Crippen molar-refractivity contribution >= 4 is 23.8 Å². The molecule has 0 aromatic rings. The van der Waals surface area contributed by atoms with Gasteiger partial charge in [0.15, 0.2) is 11.2 Å². The highest BCUT2D eigenvalue weighted by atomic mass is 16.5. The number of carboxylic acid groups (broad SMARTS) is 2. The summed E-state index contributed by atoms with van der Waals surface area (Å²) in [4.78, 5) is 52.7. The van der Waals surface area contributed by atoms with Gasteiger partial charge in [-0.15, -0.1) is 0 Å². The first kappa shape index (κ1) is 29.8. The van der Waals surface area contributed by atoms with Gasteiger partial charge in [-0.3, -0.25) is 29.0 Å². The Hall–Kier alpha value is -2.28. The first-order valence-electron chi connectivity index (χ1n) is 11.0. The Bertz CT molecular complexity index is 723. The van der Waals surface area contributed by atoms with Crippen LogP contribution in [0.2, 0.25) is 0 Å². The van der Waals surface area contributed by atoms with Crippen molar-refractivity contribution in [3.8, 4) is 0 Å². The van der Waals surface area contributed by atoms with E-state index in [0.29, 0.717) is 0 Å². The number of nitrogens with zero attached hydrogens (tertiary/aromatic N) is 2. The number of carbonyl (C=O) groups excluding carboxylic acids is 2. The van der Waals surface area contributed by atoms with Gasteiger partial charge in [-0.25, -0.2) is 0 Å². The van der Waals surface area contributed by atoms with Crippen molar-refractivity contribution in [2.75, 3.05) is 53.5 Å². The molecule has 1 rings (SSSR count). The van der Waals surface area contributed by atoms with Crippen LogP contribution in [0.15, 0.2) is 0 Å². The Morgan fingerprint density at radius 2 is 1.03 bits per heavy atom. The van der Waals surface area contributed by atoms with Gasteiger partial charge >= 0.3 is 11.9 Å². The molecule has 12 heteroatoms. The van der Waals surface area contributed by atoms with Gasteiger partial charge in [0.05, 0.1) is 13.1 Å². The van der Waals surface area contributed by atoms with Crippen LogP contribution < -0.4 is 10.6 Å². The van der Waals surface area contributed by atoms with E-state index in [1.807, 2.05) is 0 Å². The number of amides is 2. The summed E-state index contributed by atoms with van der Waals surface area (Å²) >= 11 is 0. The molecule has 0 unspecified atom stereocenters. The molecule has 0 bridgehead atoms. The number of hydrogen-bond donors (Lipinski definition) is 4. The van der Waals surface area contributed by atoms with E-state index in [0.717, 1.165) is 0 Å². The minimum Gasteiger partial charge on any atom is -0.480 e. The molecule has 0 spiro atoms. The normalized spacial score (nSPS) is 29.5. The number of methoxy groups -OCH3 is 2. The summed E-state index contributed by atoms with van der Waals surface area (Å²) in [7, 11) is 2.73. The van der Waals surface area contributed by atoms with E-state index in [4.69, 9.17) is 9.47 Å². The van der Waals surface area contributed by atoms with E-state index in [-0.39, 0.29) is 39.3 Å². The van der Waals surface area contributed by atoms with Crippen LogP contribution in [-0.4, -0.2) is 120 Å². The van der Waals surface area contributed by atoms with Crippen LogP contribution in [0.4, 0.5) is 0 Å². The average molecular weight is 489 g/mol. The van der Waals surface area contributed by atoms with Gasteiger partial charge in [-0.1, -0.05) is 0 Å². The zero-order chi connectivity index (χ0) is 26.5. The number of carboxylic acids is 2. The van der Waals surface area contributed by atoms with Crippen LogP contribution in [0.25, 0.3) is 0 Å². The van der Waals surface area contributed by atoms with E-state index >= 15 is 0 Å². The third-order valence-corrected chi connectivity index (χ3v) is 5.77. The van der Waals surface area contributed by atoms with Gasteiger partial charge in [0.1, 0.15) is 0 Å². The van der Waals surface area contributed by atoms with E-state index < -0.39 is 46.0 Å². The highest BCUT2D eigenvalue weighted by Gasteiger charge is 2.43. The molecule has 2 atom stereocenters. The Kier molecular flexibility index (Phi) is 9.60. The molecule has 4 N–H and O–H groups in total. The molecular weight excluding hydrogens is 448 g/mol. The van der Waals surface area contributed by atoms with Crippen molar-refractivity contribution in [2.45, 2.75) is 63.8 Å². The fraction of sp³-hybridized carbons (Fsp3) is 0.818. The lowest BCUT2D eigenvalue weighted by Crippen LogP contribution is -2.66. The predicted molar refractivity (Wildman–Crippen MR) is 123 cm³/mol. The van der Waals surface area contributed by atoms with Gasteiger partial charge in [-0.05, 0) is 41.5 Å². The van der Waals surface area contributed by atoms with Crippen LogP contribution in [0.3, 0.4) is 0 Å². The molecule has 196 valence electrons. The topological polar surface area (TPSA) is 158 Å². The molecule has 0 aromatic carbocycles. The lowest BCUT2D eigenvalue weighted by atomic mass is 9.95. The molecule has 0 aliphatic carbocycles. The Morgan fingerprint density at radius 1 is 0.735 bits per heavy atom. The molecule has 34 heavy (non-hydrogen) atoms. The number of nitrogens with one attached hydrogen (secondary N) is 2. The van der Waals surface area contributed by atoms with Crippen molar-refractivity contribution in [1.82, 2.24) is 20.4 Å². The molecule has 0 aromatic heterocycles. The number of aliphatic carboxylic acids is 2. The van der Waals surface area contributed by atoms with Gasteiger partial charge in [0.2, 0.25) is 0 Å². The summed E-state index contributed by atoms with van der Waals surface area (Å²) < 4.78 is 11.1. The van der Waals surface area contributed by atoms with Crippen LogP contribution in [0, 0.1) is 0 Å². The minimum absolute atomic E-state index is 0.0581.